The van der Waals surface area contributed by atoms with Crippen molar-refractivity contribution >= 4 is 155 Å². The van der Waals surface area contributed by atoms with Crippen LogP contribution >= 0.6 is 0 Å². The van der Waals surface area contributed by atoms with Crippen LogP contribution in [0.5, 0.6) is 0 Å². The van der Waals surface area contributed by atoms with Crippen LogP contribution in [0.4, 0.5) is 51.2 Å². The van der Waals surface area contributed by atoms with E-state index in [1.165, 1.54) is 204 Å². The lowest BCUT2D eigenvalue weighted by molar-refractivity contribution is 0.660. The van der Waals surface area contributed by atoms with E-state index in [4.69, 9.17) is 0 Å². The van der Waals surface area contributed by atoms with Gasteiger partial charge in [0.15, 0.2) is 0 Å². The van der Waals surface area contributed by atoms with Crippen LogP contribution in [0.15, 0.2) is 491 Å². The fourth-order valence-electron chi connectivity index (χ4n) is 24.4. The second-order valence-electron chi connectivity index (χ2n) is 39.8. The monoisotopic (exact) mass is 1820 g/mol. The second kappa shape index (κ2) is 32.7. The number of hydrogen-bond donors (Lipinski definition) is 0. The summed E-state index contributed by atoms with van der Waals surface area (Å²) in [5, 5.41) is 12.6. The number of benzene rings is 21. The van der Waals surface area contributed by atoms with Crippen molar-refractivity contribution in [2.45, 2.75) is 57.8 Å². The molecule has 0 aliphatic heterocycles. The van der Waals surface area contributed by atoms with Gasteiger partial charge in [-0.3, -0.25) is 0 Å². The van der Waals surface area contributed by atoms with Gasteiger partial charge in [0.25, 0.3) is 0 Å². The summed E-state index contributed by atoms with van der Waals surface area (Å²) in [5.74, 6) is 0. The van der Waals surface area contributed by atoms with E-state index in [1.54, 1.807) is 0 Å². The molecule has 3 aliphatic carbocycles. The molecule has 0 unspecified atom stereocenters. The van der Waals surface area contributed by atoms with Crippen LogP contribution in [-0.2, 0) is 16.2 Å². The minimum Gasteiger partial charge on any atom is -0.310 e. The van der Waals surface area contributed by atoms with Crippen LogP contribution in [0.25, 0.3) is 165 Å². The molecular formula is C135H99N7. The van der Waals surface area contributed by atoms with Crippen molar-refractivity contribution in [2.24, 2.45) is 0 Å². The quantitative estimate of drug-likeness (QED) is 0.115. The van der Waals surface area contributed by atoms with Crippen LogP contribution in [0, 0.1) is 0 Å². The van der Waals surface area contributed by atoms with Crippen molar-refractivity contribution in [3.05, 3.63) is 525 Å². The maximum Gasteiger partial charge on any atom is 0.0620 e. The van der Waals surface area contributed by atoms with Gasteiger partial charge in [0.2, 0.25) is 0 Å². The number of para-hydroxylation sites is 9. The highest BCUT2D eigenvalue weighted by Crippen LogP contribution is 2.58. The van der Waals surface area contributed by atoms with Gasteiger partial charge >= 0.3 is 0 Å². The molecule has 0 radical (unpaired) electrons. The van der Waals surface area contributed by atoms with E-state index in [0.717, 1.165) is 45.5 Å². The summed E-state index contributed by atoms with van der Waals surface area (Å²) in [6.07, 6.45) is 0. The van der Waals surface area contributed by atoms with Gasteiger partial charge in [-0.15, -0.1) is 0 Å². The summed E-state index contributed by atoms with van der Waals surface area (Å²) < 4.78 is 9.64. The first kappa shape index (κ1) is 83.6. The van der Waals surface area contributed by atoms with Crippen molar-refractivity contribution in [2.75, 3.05) is 14.7 Å². The van der Waals surface area contributed by atoms with Gasteiger partial charge in [-0.2, -0.15) is 0 Å². The Kier molecular flexibility index (Phi) is 19.3. The average molecular weight is 1820 g/mol. The second-order valence-corrected chi connectivity index (χ2v) is 39.8. The number of rotatable bonds is 13. The van der Waals surface area contributed by atoms with Gasteiger partial charge in [-0.05, 0) is 254 Å². The number of fused-ring (bicyclic) bond motifs is 24. The maximum atomic E-state index is 2.52. The molecule has 0 bridgehead atoms. The SMILES string of the molecule is CC1(C)c2ccccc2-c2ccc(N(c3ccc(-c4ccccc4)cc3)c3ccc4c(c3)c3cccc5c6ccccc6n4c53)cc21.CC1(C)c2ccccc2-c2ccc(N(c3ccc4c(c3)C(C)(C)c3ccccc3-4)c3cccc4c3c3ccccc3n4-c3ccccc3)cc21.c1ccc(N(c2ccc3c4ccccc4n(-c4ccccc4)c3c2)c2cccc3c2c2ccccc2n3-c2ccccc2)cc1. The molecule has 7 heteroatoms. The van der Waals surface area contributed by atoms with Gasteiger partial charge < -0.3 is 32.8 Å². The molecule has 26 aromatic rings. The molecule has 7 nitrogen and oxygen atoms in total. The molecule has 0 atom stereocenters. The molecule has 142 heavy (non-hydrogen) atoms. The third-order valence-electron chi connectivity index (χ3n) is 31.0. The first-order chi connectivity index (χ1) is 69.8. The van der Waals surface area contributed by atoms with Crippen LogP contribution in [0.3, 0.4) is 0 Å². The van der Waals surface area contributed by atoms with Crippen LogP contribution in [-0.4, -0.2) is 18.1 Å². The summed E-state index contributed by atoms with van der Waals surface area (Å²) in [7, 11) is 0. The van der Waals surface area contributed by atoms with Gasteiger partial charge in [0, 0.05) is 127 Å². The molecule has 674 valence electrons. The first-order valence-corrected chi connectivity index (χ1v) is 49.5. The summed E-state index contributed by atoms with van der Waals surface area (Å²) >= 11 is 0. The number of nitrogens with zero attached hydrogens (tertiary/aromatic N) is 7. The van der Waals surface area contributed by atoms with Crippen molar-refractivity contribution in [1.29, 1.82) is 0 Å². The van der Waals surface area contributed by atoms with E-state index in [0.29, 0.717) is 0 Å². The average Bonchev–Trinajstić information content (AvgIpc) is 1.57. The topological polar surface area (TPSA) is 28.9 Å². The van der Waals surface area contributed by atoms with Crippen LogP contribution < -0.4 is 14.7 Å². The molecular weight excluding hydrogens is 1720 g/mol. The first-order valence-electron chi connectivity index (χ1n) is 49.5. The lowest BCUT2D eigenvalue weighted by Crippen LogP contribution is -2.18. The van der Waals surface area contributed by atoms with Gasteiger partial charge in [-0.25, -0.2) is 0 Å². The Morgan fingerprint density at radius 1 is 0.169 bits per heavy atom. The Labute approximate surface area is 825 Å². The molecule has 0 spiro atoms. The Balaban J connectivity index is 0.000000107. The van der Waals surface area contributed by atoms with Crippen LogP contribution in [0.1, 0.15) is 74.9 Å². The van der Waals surface area contributed by atoms with E-state index in [-0.39, 0.29) is 16.2 Å². The fourth-order valence-corrected chi connectivity index (χ4v) is 24.4. The van der Waals surface area contributed by atoms with Crippen molar-refractivity contribution in [3.8, 4) is 61.6 Å². The Bertz CT molecular complexity index is 9400. The zero-order valence-electron chi connectivity index (χ0n) is 79.9. The molecule has 5 aromatic heterocycles. The van der Waals surface area contributed by atoms with Gasteiger partial charge in [-0.1, -0.05) is 357 Å². The van der Waals surface area contributed by atoms with Crippen molar-refractivity contribution in [1.82, 2.24) is 18.1 Å². The van der Waals surface area contributed by atoms with E-state index < -0.39 is 0 Å². The molecule has 29 rings (SSSR count). The van der Waals surface area contributed by atoms with E-state index in [1.807, 2.05) is 0 Å². The lowest BCUT2D eigenvalue weighted by Gasteiger charge is -2.30. The molecule has 3 aliphatic rings. The van der Waals surface area contributed by atoms with E-state index in [2.05, 4.69) is 566 Å². The highest BCUT2D eigenvalue weighted by Gasteiger charge is 2.40. The van der Waals surface area contributed by atoms with Gasteiger partial charge in [0.05, 0.1) is 61.0 Å². The van der Waals surface area contributed by atoms with E-state index >= 15 is 0 Å². The number of anilines is 9. The molecule has 0 N–H and O–H groups in total. The predicted octanol–water partition coefficient (Wildman–Crippen LogP) is 36.5. The molecule has 5 heterocycles. The minimum absolute atomic E-state index is 0.0804. The normalized spacial score (nSPS) is 13.3. The molecule has 0 fully saturated rings. The standard InChI is InChI=1S/C48H38N2.C45H32N2.C42H29N3/c1-47(2)39-20-11-8-17-34(39)36-27-25-32(29-41(36)47)49(33-26-28-37-35-18-9-12-21-40(35)48(3,4)42(37)30-33)44-23-14-24-45-46(44)38-19-10-13-22-43(38)50(45)31-15-6-5-7-16-31;1-45(2)40-17-8-6-13-34(40)35-25-23-33(28-41(35)45)46(31-21-19-30(20-22-31)29-11-4-3-5-12-29)32-24-26-43-39(27-32)38-16-10-15-37-36-14-7-9-18-42(36)47(43)44(37)38;1-4-15-30(16-5-1)43(33-27-28-35-34-21-10-12-23-37(34)45(41(35)29-33)32-19-8-3-9-20-32)39-25-14-26-40-42(39)36-22-11-13-24-38(36)44(40)31-17-6-2-7-18-31/h5-30H,1-4H3;3-28H,1-2H3;1-29H. The smallest absolute Gasteiger partial charge is 0.0620 e. The van der Waals surface area contributed by atoms with E-state index in [9.17, 15) is 0 Å². The van der Waals surface area contributed by atoms with Gasteiger partial charge in [0.1, 0.15) is 0 Å². The lowest BCUT2D eigenvalue weighted by atomic mass is 9.82. The summed E-state index contributed by atoms with van der Waals surface area (Å²) in [6, 6.07) is 180. The summed E-state index contributed by atoms with van der Waals surface area (Å²) in [4.78, 5) is 7.36. The number of hydrogen-bond acceptors (Lipinski definition) is 3. The largest absolute Gasteiger partial charge is 0.310 e. The minimum atomic E-state index is -0.107. The molecule has 21 aromatic carbocycles. The Hall–Kier alpha value is -17.8. The maximum absolute atomic E-state index is 2.52. The number of aromatic nitrogens is 4. The Morgan fingerprint density at radius 2 is 0.465 bits per heavy atom. The molecule has 0 saturated heterocycles. The molecule has 0 saturated carbocycles. The third kappa shape index (κ3) is 13.0. The summed E-state index contributed by atoms with van der Waals surface area (Å²) in [6.45, 7) is 14.2. The zero-order valence-corrected chi connectivity index (χ0v) is 79.9. The molecule has 0 amide bonds. The third-order valence-corrected chi connectivity index (χ3v) is 31.0. The highest BCUT2D eigenvalue weighted by molar-refractivity contribution is 6.24. The summed E-state index contributed by atoms with van der Waals surface area (Å²) in [5.41, 5.74) is 43.2. The fraction of sp³-hybridized carbons (Fsp3) is 0.0667. The predicted molar refractivity (Wildman–Crippen MR) is 599 cm³/mol. The van der Waals surface area contributed by atoms with Crippen LogP contribution in [0.2, 0.25) is 0 Å². The highest BCUT2D eigenvalue weighted by atomic mass is 15.2. The van der Waals surface area contributed by atoms with Crippen molar-refractivity contribution in [3.63, 3.8) is 0 Å². The zero-order chi connectivity index (χ0) is 94.8. The van der Waals surface area contributed by atoms with Crippen molar-refractivity contribution < 1.29 is 0 Å². The Morgan fingerprint density at radius 3 is 0.951 bits per heavy atom.